The molecule has 0 bridgehead atoms. The maximum Gasteiger partial charge on any atom is 0.0175 e. The first-order valence-electron chi connectivity index (χ1n) is 4.15. The molecule has 0 spiro atoms. The Morgan fingerprint density at radius 3 is 2.42 bits per heavy atom. The van der Waals surface area contributed by atoms with E-state index in [1.165, 1.54) is 11.1 Å². The highest BCUT2D eigenvalue weighted by Gasteiger charge is 1.89. The zero-order chi connectivity index (χ0) is 8.97. The van der Waals surface area contributed by atoms with E-state index in [0.717, 1.165) is 10.9 Å². The van der Waals surface area contributed by atoms with Crippen LogP contribution in [0.5, 0.6) is 0 Å². The third-order valence-electron chi connectivity index (χ3n) is 1.84. The Morgan fingerprint density at radius 1 is 1.33 bits per heavy atom. The van der Waals surface area contributed by atoms with Crippen molar-refractivity contribution in [3.05, 3.63) is 39.9 Å². The highest BCUT2D eigenvalue weighted by atomic mass is 79.9. The second kappa shape index (κ2) is 4.46. The highest BCUT2D eigenvalue weighted by Crippen LogP contribution is 2.13. The van der Waals surface area contributed by atoms with Gasteiger partial charge < -0.3 is 0 Å². The lowest BCUT2D eigenvalue weighted by molar-refractivity contribution is 1.11. The lowest BCUT2D eigenvalue weighted by Crippen LogP contribution is -1.74. The summed E-state index contributed by atoms with van der Waals surface area (Å²) in [5.41, 5.74) is 2.69. The molecule has 0 amide bonds. The van der Waals surface area contributed by atoms with Crippen molar-refractivity contribution in [2.75, 3.05) is 0 Å². The fourth-order valence-electron chi connectivity index (χ4n) is 0.946. The van der Waals surface area contributed by atoms with Crippen LogP contribution in [0.4, 0.5) is 0 Å². The first-order valence-corrected chi connectivity index (χ1v) is 4.94. The van der Waals surface area contributed by atoms with E-state index in [-0.39, 0.29) is 0 Å². The van der Waals surface area contributed by atoms with Crippen LogP contribution in [-0.4, -0.2) is 0 Å². The standard InChI is InChI=1S/C11H13Br/c1-3-9(2)8-10-4-6-11(12)7-5-10/h4-8H,3H2,1-2H3/b9-8-. The van der Waals surface area contributed by atoms with Gasteiger partial charge in [0.25, 0.3) is 0 Å². The Hall–Kier alpha value is -0.560. The van der Waals surface area contributed by atoms with Crippen LogP contribution in [-0.2, 0) is 0 Å². The van der Waals surface area contributed by atoms with Crippen molar-refractivity contribution in [3.63, 3.8) is 0 Å². The fraction of sp³-hybridized carbons (Fsp3) is 0.273. The number of halogens is 1. The maximum atomic E-state index is 3.41. The predicted molar refractivity (Wildman–Crippen MR) is 58.1 cm³/mol. The van der Waals surface area contributed by atoms with Gasteiger partial charge in [0.1, 0.15) is 0 Å². The minimum absolute atomic E-state index is 1.12. The third-order valence-corrected chi connectivity index (χ3v) is 2.37. The second-order valence-corrected chi connectivity index (χ2v) is 3.81. The van der Waals surface area contributed by atoms with Gasteiger partial charge in [-0.15, -0.1) is 0 Å². The molecule has 0 saturated carbocycles. The summed E-state index contributed by atoms with van der Waals surface area (Å²) < 4.78 is 1.13. The summed E-state index contributed by atoms with van der Waals surface area (Å²) in [5, 5.41) is 0. The SMILES string of the molecule is CC/C(C)=C\c1ccc(Br)cc1. The van der Waals surface area contributed by atoms with Gasteiger partial charge in [0.2, 0.25) is 0 Å². The summed E-state index contributed by atoms with van der Waals surface area (Å²) in [4.78, 5) is 0. The molecule has 0 aromatic heterocycles. The molecule has 0 fully saturated rings. The molecule has 0 aliphatic rings. The van der Waals surface area contributed by atoms with Gasteiger partial charge in [0, 0.05) is 4.47 Å². The van der Waals surface area contributed by atoms with E-state index in [0.29, 0.717) is 0 Å². The molecule has 0 unspecified atom stereocenters. The van der Waals surface area contributed by atoms with Gasteiger partial charge >= 0.3 is 0 Å². The zero-order valence-electron chi connectivity index (χ0n) is 7.47. The molecule has 0 nitrogen and oxygen atoms in total. The average molecular weight is 225 g/mol. The molecule has 0 atom stereocenters. The second-order valence-electron chi connectivity index (χ2n) is 2.90. The average Bonchev–Trinajstić information content (AvgIpc) is 2.09. The Labute approximate surface area is 82.4 Å². The van der Waals surface area contributed by atoms with Gasteiger partial charge in [0.05, 0.1) is 0 Å². The first kappa shape index (κ1) is 9.53. The minimum atomic E-state index is 1.12. The Kier molecular flexibility index (Phi) is 3.54. The number of allylic oxidation sites excluding steroid dienone is 1. The van der Waals surface area contributed by atoms with Crippen LogP contribution in [0.25, 0.3) is 6.08 Å². The predicted octanol–water partition coefficient (Wildman–Crippen LogP) is 4.26. The highest BCUT2D eigenvalue weighted by molar-refractivity contribution is 9.10. The van der Waals surface area contributed by atoms with Crippen molar-refractivity contribution in [2.24, 2.45) is 0 Å². The maximum absolute atomic E-state index is 3.41. The summed E-state index contributed by atoms with van der Waals surface area (Å²) in [6, 6.07) is 8.36. The van der Waals surface area contributed by atoms with Crippen molar-refractivity contribution >= 4 is 22.0 Å². The topological polar surface area (TPSA) is 0 Å². The molecule has 1 aromatic rings. The third kappa shape index (κ3) is 2.82. The molecule has 1 rings (SSSR count). The lowest BCUT2D eigenvalue weighted by Gasteiger charge is -1.96. The molecule has 1 aromatic carbocycles. The van der Waals surface area contributed by atoms with Crippen molar-refractivity contribution in [1.29, 1.82) is 0 Å². The summed E-state index contributed by atoms with van der Waals surface area (Å²) in [5.74, 6) is 0. The van der Waals surface area contributed by atoms with Crippen molar-refractivity contribution < 1.29 is 0 Å². The molecule has 0 radical (unpaired) electrons. The van der Waals surface area contributed by atoms with Crippen molar-refractivity contribution in [1.82, 2.24) is 0 Å². The quantitative estimate of drug-likeness (QED) is 0.705. The van der Waals surface area contributed by atoms with Crippen LogP contribution in [0.2, 0.25) is 0 Å². The van der Waals surface area contributed by atoms with Crippen LogP contribution >= 0.6 is 15.9 Å². The number of rotatable bonds is 2. The van der Waals surface area contributed by atoms with E-state index in [4.69, 9.17) is 0 Å². The summed E-state index contributed by atoms with van der Waals surface area (Å²) >= 11 is 3.41. The monoisotopic (exact) mass is 224 g/mol. The molecule has 12 heavy (non-hydrogen) atoms. The smallest absolute Gasteiger partial charge is 0.0175 e. The number of benzene rings is 1. The van der Waals surface area contributed by atoms with Gasteiger partial charge in [0.15, 0.2) is 0 Å². The summed E-state index contributed by atoms with van der Waals surface area (Å²) in [6.45, 7) is 4.33. The lowest BCUT2D eigenvalue weighted by atomic mass is 10.1. The van der Waals surface area contributed by atoms with Crippen LogP contribution < -0.4 is 0 Å². The van der Waals surface area contributed by atoms with E-state index in [2.05, 4.69) is 60.1 Å². The molecule has 1 heteroatoms. The van der Waals surface area contributed by atoms with E-state index in [9.17, 15) is 0 Å². The summed E-state index contributed by atoms with van der Waals surface area (Å²) in [6.07, 6.45) is 3.34. The van der Waals surface area contributed by atoms with Crippen LogP contribution in [0, 0.1) is 0 Å². The van der Waals surface area contributed by atoms with E-state index < -0.39 is 0 Å². The fourth-order valence-corrected chi connectivity index (χ4v) is 1.21. The molecule has 0 N–H and O–H groups in total. The largest absolute Gasteiger partial charge is 0.0730 e. The first-order chi connectivity index (χ1) is 5.72. The van der Waals surface area contributed by atoms with Gasteiger partial charge in [-0.05, 0) is 31.0 Å². The van der Waals surface area contributed by atoms with Crippen LogP contribution in [0.3, 0.4) is 0 Å². The minimum Gasteiger partial charge on any atom is -0.0730 e. The van der Waals surface area contributed by atoms with Gasteiger partial charge in [-0.1, -0.05) is 46.6 Å². The number of hydrogen-bond donors (Lipinski definition) is 0. The van der Waals surface area contributed by atoms with E-state index in [1.807, 2.05) is 0 Å². The van der Waals surface area contributed by atoms with Crippen molar-refractivity contribution in [2.45, 2.75) is 20.3 Å². The molecule has 0 heterocycles. The van der Waals surface area contributed by atoms with E-state index in [1.54, 1.807) is 0 Å². The Balaban J connectivity index is 2.84. The molecule has 0 aliphatic carbocycles. The van der Waals surface area contributed by atoms with Gasteiger partial charge in [-0.3, -0.25) is 0 Å². The van der Waals surface area contributed by atoms with E-state index >= 15 is 0 Å². The normalized spacial score (nSPS) is 11.8. The molecule has 64 valence electrons. The molecule has 0 aliphatic heterocycles. The van der Waals surface area contributed by atoms with Gasteiger partial charge in [-0.25, -0.2) is 0 Å². The number of hydrogen-bond acceptors (Lipinski definition) is 0. The van der Waals surface area contributed by atoms with Gasteiger partial charge in [-0.2, -0.15) is 0 Å². The zero-order valence-corrected chi connectivity index (χ0v) is 9.06. The molecule has 0 saturated heterocycles. The van der Waals surface area contributed by atoms with Crippen molar-refractivity contribution in [3.8, 4) is 0 Å². The molecular weight excluding hydrogens is 212 g/mol. The molecular formula is C11H13Br. The van der Waals surface area contributed by atoms with Crippen LogP contribution in [0.15, 0.2) is 34.3 Å². The summed E-state index contributed by atoms with van der Waals surface area (Å²) in [7, 11) is 0. The Bertz CT molecular complexity index is 270. The Morgan fingerprint density at radius 2 is 1.92 bits per heavy atom. The van der Waals surface area contributed by atoms with Crippen LogP contribution in [0.1, 0.15) is 25.8 Å².